The van der Waals surface area contributed by atoms with Crippen molar-refractivity contribution in [1.29, 1.82) is 0 Å². The van der Waals surface area contributed by atoms with Crippen LogP contribution in [-0.2, 0) is 19.1 Å². The Bertz CT molecular complexity index is 677. The molecule has 0 saturated carbocycles. The first kappa shape index (κ1) is 17.1. The van der Waals surface area contributed by atoms with Crippen LogP contribution < -0.4 is 0 Å². The molecule has 0 aromatic heterocycles. The number of nitrogens with zero attached hydrogens (tertiary/aromatic N) is 1. The highest BCUT2D eigenvalue weighted by molar-refractivity contribution is 5.94. The minimum absolute atomic E-state index is 0.153. The van der Waals surface area contributed by atoms with Crippen molar-refractivity contribution in [1.82, 2.24) is 4.90 Å². The van der Waals surface area contributed by atoms with E-state index < -0.39 is 11.7 Å². The van der Waals surface area contributed by atoms with Gasteiger partial charge in [-0.25, -0.2) is 0 Å². The first-order valence-electron chi connectivity index (χ1n) is 7.32. The Hall–Kier alpha value is -2.30. The maximum Gasteiger partial charge on any atom is 0.416 e. The van der Waals surface area contributed by atoms with E-state index in [2.05, 4.69) is 0 Å². The topological polar surface area (TPSA) is 20.3 Å². The lowest BCUT2D eigenvalue weighted by Gasteiger charge is -2.18. The van der Waals surface area contributed by atoms with Crippen LogP contribution in [0.15, 0.2) is 48.5 Å². The van der Waals surface area contributed by atoms with Gasteiger partial charge in [0.15, 0.2) is 0 Å². The third-order valence-electron chi connectivity index (χ3n) is 3.63. The van der Waals surface area contributed by atoms with Crippen LogP contribution in [0.1, 0.15) is 34.0 Å². The van der Waals surface area contributed by atoms with Crippen molar-refractivity contribution in [3.63, 3.8) is 0 Å². The van der Waals surface area contributed by atoms with Crippen molar-refractivity contribution in [2.24, 2.45) is 0 Å². The molecule has 2 aromatic rings. The second-order valence-electron chi connectivity index (χ2n) is 5.41. The van der Waals surface area contributed by atoms with Gasteiger partial charge in [0, 0.05) is 19.2 Å². The normalized spacial score (nSPS) is 11.3. The molecular weight excluding hydrogens is 303 g/mol. The van der Waals surface area contributed by atoms with E-state index in [0.717, 1.165) is 24.1 Å². The average molecular weight is 321 g/mol. The van der Waals surface area contributed by atoms with Crippen molar-refractivity contribution in [3.8, 4) is 0 Å². The van der Waals surface area contributed by atoms with Gasteiger partial charge in [-0.05, 0) is 41.8 Å². The summed E-state index contributed by atoms with van der Waals surface area (Å²) in [5.74, 6) is -0.153. The lowest BCUT2D eigenvalue weighted by molar-refractivity contribution is -0.137. The third-order valence-corrected chi connectivity index (χ3v) is 3.63. The van der Waals surface area contributed by atoms with Gasteiger partial charge in [-0.15, -0.1) is 0 Å². The van der Waals surface area contributed by atoms with E-state index in [1.165, 1.54) is 17.0 Å². The van der Waals surface area contributed by atoms with Gasteiger partial charge in [0.1, 0.15) is 0 Å². The summed E-state index contributed by atoms with van der Waals surface area (Å²) in [6, 6.07) is 12.2. The quantitative estimate of drug-likeness (QED) is 0.809. The molecule has 0 unspecified atom stereocenters. The Balaban J connectivity index is 2.08. The number of benzene rings is 2. The van der Waals surface area contributed by atoms with Gasteiger partial charge in [0.25, 0.3) is 5.91 Å². The maximum absolute atomic E-state index is 12.5. The number of carbonyl (C=O) groups excluding carboxylic acids is 1. The lowest BCUT2D eigenvalue weighted by Crippen LogP contribution is -2.26. The summed E-state index contributed by atoms with van der Waals surface area (Å²) < 4.78 is 37.6. The molecule has 0 heterocycles. The molecule has 0 radical (unpaired) electrons. The number of hydrogen-bond donors (Lipinski definition) is 0. The molecule has 0 aliphatic rings. The van der Waals surface area contributed by atoms with Gasteiger partial charge in [-0.2, -0.15) is 13.2 Å². The summed E-state index contributed by atoms with van der Waals surface area (Å²) >= 11 is 0. The number of rotatable bonds is 4. The van der Waals surface area contributed by atoms with Crippen LogP contribution in [0.5, 0.6) is 0 Å². The van der Waals surface area contributed by atoms with Gasteiger partial charge >= 0.3 is 6.18 Å². The fourth-order valence-electron chi connectivity index (χ4n) is 2.29. The summed E-state index contributed by atoms with van der Waals surface area (Å²) in [6.07, 6.45) is -3.51. The largest absolute Gasteiger partial charge is 0.416 e. The van der Waals surface area contributed by atoms with Crippen molar-refractivity contribution in [3.05, 3.63) is 70.8 Å². The first-order chi connectivity index (χ1) is 10.8. The number of amides is 1. The molecule has 0 fully saturated rings. The summed E-state index contributed by atoms with van der Waals surface area (Å²) in [7, 11) is 1.64. The Morgan fingerprint density at radius 2 is 1.70 bits per heavy atom. The Kier molecular flexibility index (Phi) is 5.08. The standard InChI is InChI=1S/C18H18F3NO/c1-3-13-5-4-6-15(11-13)17(23)22(2)12-14-7-9-16(10-8-14)18(19,20)21/h4-11H,3,12H2,1-2H3. The number of halogens is 3. The summed E-state index contributed by atoms with van der Waals surface area (Å²) in [5.41, 5.74) is 1.61. The van der Waals surface area contributed by atoms with Crippen molar-refractivity contribution < 1.29 is 18.0 Å². The lowest BCUT2D eigenvalue weighted by atomic mass is 10.1. The highest BCUT2D eigenvalue weighted by Crippen LogP contribution is 2.29. The van der Waals surface area contributed by atoms with Crippen LogP contribution in [-0.4, -0.2) is 17.9 Å². The Labute approximate surface area is 133 Å². The second kappa shape index (κ2) is 6.86. The summed E-state index contributed by atoms with van der Waals surface area (Å²) in [5, 5.41) is 0. The van der Waals surface area contributed by atoms with Gasteiger partial charge in [-0.3, -0.25) is 4.79 Å². The molecule has 2 nitrogen and oxygen atoms in total. The minimum Gasteiger partial charge on any atom is -0.337 e. The number of hydrogen-bond acceptors (Lipinski definition) is 1. The van der Waals surface area contributed by atoms with E-state index in [4.69, 9.17) is 0 Å². The van der Waals surface area contributed by atoms with Gasteiger partial charge in [-0.1, -0.05) is 31.2 Å². The molecule has 0 N–H and O–H groups in total. The van der Waals surface area contributed by atoms with E-state index in [1.807, 2.05) is 25.1 Å². The molecule has 0 aliphatic heterocycles. The summed E-state index contributed by atoms with van der Waals surface area (Å²) in [6.45, 7) is 2.27. The molecule has 122 valence electrons. The smallest absolute Gasteiger partial charge is 0.337 e. The highest BCUT2D eigenvalue weighted by Gasteiger charge is 2.30. The van der Waals surface area contributed by atoms with Crippen LogP contribution in [0.4, 0.5) is 13.2 Å². The SMILES string of the molecule is CCc1cccc(C(=O)N(C)Cc2ccc(C(F)(F)F)cc2)c1. The van der Waals surface area contributed by atoms with Crippen LogP contribution in [0.3, 0.4) is 0 Å². The van der Waals surface area contributed by atoms with Gasteiger partial charge < -0.3 is 4.90 Å². The molecule has 0 aliphatic carbocycles. The van der Waals surface area contributed by atoms with Gasteiger partial charge in [0.2, 0.25) is 0 Å². The number of aryl methyl sites for hydroxylation is 1. The molecule has 0 bridgehead atoms. The van der Waals surface area contributed by atoms with Gasteiger partial charge in [0.05, 0.1) is 5.56 Å². The molecule has 23 heavy (non-hydrogen) atoms. The average Bonchev–Trinajstić information content (AvgIpc) is 2.53. The van der Waals surface area contributed by atoms with E-state index in [1.54, 1.807) is 13.1 Å². The first-order valence-corrected chi connectivity index (χ1v) is 7.32. The molecule has 0 spiro atoms. The molecule has 0 saturated heterocycles. The zero-order valence-corrected chi connectivity index (χ0v) is 13.0. The Morgan fingerprint density at radius 3 is 2.26 bits per heavy atom. The van der Waals surface area contributed by atoms with E-state index in [9.17, 15) is 18.0 Å². The molecule has 5 heteroatoms. The number of alkyl halides is 3. The molecule has 2 rings (SSSR count). The van der Waals surface area contributed by atoms with E-state index in [-0.39, 0.29) is 12.5 Å². The van der Waals surface area contributed by atoms with Crippen LogP contribution in [0, 0.1) is 0 Å². The highest BCUT2D eigenvalue weighted by atomic mass is 19.4. The summed E-state index contributed by atoms with van der Waals surface area (Å²) in [4.78, 5) is 13.9. The van der Waals surface area contributed by atoms with E-state index in [0.29, 0.717) is 11.1 Å². The van der Waals surface area contributed by atoms with Crippen molar-refractivity contribution in [2.75, 3.05) is 7.05 Å². The monoisotopic (exact) mass is 321 g/mol. The fourth-order valence-corrected chi connectivity index (χ4v) is 2.29. The zero-order valence-electron chi connectivity index (χ0n) is 13.0. The Morgan fingerprint density at radius 1 is 1.04 bits per heavy atom. The van der Waals surface area contributed by atoms with Crippen LogP contribution in [0.2, 0.25) is 0 Å². The number of carbonyl (C=O) groups is 1. The van der Waals surface area contributed by atoms with Crippen LogP contribution in [0.25, 0.3) is 0 Å². The molecule has 1 amide bonds. The third kappa shape index (κ3) is 4.34. The molecule has 0 atom stereocenters. The van der Waals surface area contributed by atoms with Crippen molar-refractivity contribution >= 4 is 5.91 Å². The predicted molar refractivity (Wildman–Crippen MR) is 83.1 cm³/mol. The zero-order chi connectivity index (χ0) is 17.0. The fraction of sp³-hybridized carbons (Fsp3) is 0.278. The molecule has 2 aromatic carbocycles. The maximum atomic E-state index is 12.5. The predicted octanol–water partition coefficient (Wildman–Crippen LogP) is 4.54. The molecular formula is C18H18F3NO. The second-order valence-corrected chi connectivity index (χ2v) is 5.41. The van der Waals surface area contributed by atoms with E-state index >= 15 is 0 Å². The van der Waals surface area contributed by atoms with Crippen molar-refractivity contribution in [2.45, 2.75) is 26.1 Å². The minimum atomic E-state index is -4.35. The van der Waals surface area contributed by atoms with Crippen LogP contribution >= 0.6 is 0 Å².